The third-order valence-electron chi connectivity index (χ3n) is 1.73. The van der Waals surface area contributed by atoms with Gasteiger partial charge in [-0.3, -0.25) is 0 Å². The Bertz CT molecular complexity index is 476. The number of thiophene rings is 1. The van der Waals surface area contributed by atoms with Crippen molar-refractivity contribution in [2.75, 3.05) is 0 Å². The molecular formula is C9H7BrN2S2. The highest BCUT2D eigenvalue weighted by Crippen LogP contribution is 2.14. The highest BCUT2D eigenvalue weighted by Gasteiger charge is 1.99. The third-order valence-corrected chi connectivity index (χ3v) is 3.79. The maximum Gasteiger partial charge on any atom is 0.120 e. The molecule has 0 aromatic carbocycles. The van der Waals surface area contributed by atoms with Crippen molar-refractivity contribution in [2.45, 2.75) is 6.42 Å². The number of H-pyrrole nitrogens is 1. The minimum absolute atomic E-state index is 0.701. The molecule has 0 saturated carbocycles. The molecule has 0 radical (unpaired) electrons. The fourth-order valence-electron chi connectivity index (χ4n) is 1.08. The molecule has 5 heteroatoms. The van der Waals surface area contributed by atoms with E-state index in [1.165, 1.54) is 4.88 Å². The lowest BCUT2D eigenvalue weighted by Gasteiger charge is -1.98. The van der Waals surface area contributed by atoms with Crippen molar-refractivity contribution in [3.05, 3.63) is 43.5 Å². The van der Waals surface area contributed by atoms with Gasteiger partial charge in [-0.15, -0.1) is 11.3 Å². The van der Waals surface area contributed by atoms with Gasteiger partial charge in [0, 0.05) is 17.5 Å². The molecule has 0 aliphatic carbocycles. The van der Waals surface area contributed by atoms with E-state index in [9.17, 15) is 0 Å². The molecule has 2 nitrogen and oxygen atoms in total. The Morgan fingerprint density at radius 1 is 1.57 bits per heavy atom. The molecule has 2 aromatic heterocycles. The monoisotopic (exact) mass is 286 g/mol. The standard InChI is InChI=1S/C9H7BrN2S2/c10-7-5-11-8(12-9(7)13)4-6-2-1-3-14-6/h1-3,5H,4H2,(H,11,12,13). The van der Waals surface area contributed by atoms with Crippen molar-refractivity contribution in [1.29, 1.82) is 0 Å². The van der Waals surface area contributed by atoms with Gasteiger partial charge in [0.15, 0.2) is 0 Å². The van der Waals surface area contributed by atoms with Crippen molar-refractivity contribution in [1.82, 2.24) is 9.97 Å². The number of nitrogens with zero attached hydrogens (tertiary/aromatic N) is 1. The molecule has 0 unspecified atom stereocenters. The Balaban J connectivity index is 2.26. The number of halogens is 1. The fraction of sp³-hybridized carbons (Fsp3) is 0.111. The van der Waals surface area contributed by atoms with Crippen LogP contribution in [-0.4, -0.2) is 9.97 Å². The summed E-state index contributed by atoms with van der Waals surface area (Å²) in [5.74, 6) is 0.903. The highest BCUT2D eigenvalue weighted by atomic mass is 79.9. The first kappa shape index (κ1) is 10.0. The van der Waals surface area contributed by atoms with Crippen LogP contribution in [0.5, 0.6) is 0 Å². The van der Waals surface area contributed by atoms with Gasteiger partial charge in [0.05, 0.1) is 4.47 Å². The highest BCUT2D eigenvalue weighted by molar-refractivity contribution is 9.10. The first-order valence-corrected chi connectivity index (χ1v) is 6.10. The van der Waals surface area contributed by atoms with E-state index in [0.29, 0.717) is 4.64 Å². The summed E-state index contributed by atoms with van der Waals surface area (Å²) in [6, 6.07) is 4.12. The zero-order chi connectivity index (χ0) is 9.97. The van der Waals surface area contributed by atoms with Gasteiger partial charge in [-0.25, -0.2) is 4.98 Å². The van der Waals surface area contributed by atoms with Gasteiger partial charge in [-0.2, -0.15) is 0 Å². The number of nitrogens with one attached hydrogen (secondary N) is 1. The van der Waals surface area contributed by atoms with Crippen molar-refractivity contribution in [2.24, 2.45) is 0 Å². The zero-order valence-corrected chi connectivity index (χ0v) is 10.4. The average Bonchev–Trinajstić information content (AvgIpc) is 2.64. The lowest BCUT2D eigenvalue weighted by Crippen LogP contribution is -1.94. The van der Waals surface area contributed by atoms with E-state index in [1.807, 2.05) is 6.07 Å². The summed E-state index contributed by atoms with van der Waals surface area (Å²) in [7, 11) is 0. The van der Waals surface area contributed by atoms with Crippen molar-refractivity contribution < 1.29 is 0 Å². The normalized spacial score (nSPS) is 10.4. The van der Waals surface area contributed by atoms with E-state index in [-0.39, 0.29) is 0 Å². The van der Waals surface area contributed by atoms with E-state index in [0.717, 1.165) is 16.7 Å². The number of aromatic nitrogens is 2. The van der Waals surface area contributed by atoms with E-state index >= 15 is 0 Å². The van der Waals surface area contributed by atoms with Crippen LogP contribution in [-0.2, 0) is 6.42 Å². The first-order valence-electron chi connectivity index (χ1n) is 4.02. The summed E-state index contributed by atoms with van der Waals surface area (Å²) in [6.45, 7) is 0. The summed E-state index contributed by atoms with van der Waals surface area (Å²) < 4.78 is 1.54. The molecule has 0 atom stereocenters. The van der Waals surface area contributed by atoms with Gasteiger partial charge in [0.25, 0.3) is 0 Å². The minimum atomic E-state index is 0.701. The van der Waals surface area contributed by atoms with E-state index in [4.69, 9.17) is 12.2 Å². The van der Waals surface area contributed by atoms with Crippen LogP contribution >= 0.6 is 39.5 Å². The second-order valence-corrected chi connectivity index (χ2v) is 5.06. The maximum atomic E-state index is 5.10. The molecule has 2 rings (SSSR count). The van der Waals surface area contributed by atoms with Crippen LogP contribution in [0.1, 0.15) is 10.7 Å². The molecule has 0 spiro atoms. The molecule has 0 fully saturated rings. The SMILES string of the molecule is S=c1[nH]c(Cc2cccs2)ncc1Br. The molecule has 0 bridgehead atoms. The van der Waals surface area contributed by atoms with Crippen LogP contribution in [0.15, 0.2) is 28.2 Å². The number of hydrogen-bond donors (Lipinski definition) is 1. The van der Waals surface area contributed by atoms with Crippen molar-refractivity contribution in [3.8, 4) is 0 Å². The molecule has 0 saturated heterocycles. The molecule has 2 heterocycles. The predicted molar refractivity (Wildman–Crippen MR) is 64.2 cm³/mol. The lowest BCUT2D eigenvalue weighted by atomic mass is 10.3. The van der Waals surface area contributed by atoms with Crippen LogP contribution in [0.4, 0.5) is 0 Å². The molecule has 72 valence electrons. The Morgan fingerprint density at radius 2 is 2.43 bits per heavy atom. The van der Waals surface area contributed by atoms with Gasteiger partial charge in [0.1, 0.15) is 10.5 Å². The summed E-state index contributed by atoms with van der Waals surface area (Å²) in [4.78, 5) is 8.61. The van der Waals surface area contributed by atoms with Crippen LogP contribution in [0.3, 0.4) is 0 Å². The van der Waals surface area contributed by atoms with E-state index in [1.54, 1.807) is 17.5 Å². The van der Waals surface area contributed by atoms with Gasteiger partial charge in [-0.05, 0) is 27.4 Å². The van der Waals surface area contributed by atoms with Gasteiger partial charge in [-0.1, -0.05) is 18.3 Å². The summed E-state index contributed by atoms with van der Waals surface area (Å²) in [5.41, 5.74) is 0. The quantitative estimate of drug-likeness (QED) is 0.856. The van der Waals surface area contributed by atoms with Crippen molar-refractivity contribution >= 4 is 39.5 Å². The summed E-state index contributed by atoms with van der Waals surface area (Å²) >= 11 is 10.1. The maximum absolute atomic E-state index is 5.10. The predicted octanol–water partition coefficient (Wildman–Crippen LogP) is 3.55. The number of aromatic amines is 1. The minimum Gasteiger partial charge on any atom is -0.334 e. The Labute approximate surface area is 99.2 Å². The summed E-state index contributed by atoms with van der Waals surface area (Å²) in [6.07, 6.45) is 2.55. The second-order valence-electron chi connectivity index (χ2n) is 2.76. The van der Waals surface area contributed by atoms with Crippen LogP contribution < -0.4 is 0 Å². The molecule has 1 N–H and O–H groups in total. The molecule has 14 heavy (non-hydrogen) atoms. The van der Waals surface area contributed by atoms with Crippen LogP contribution in [0.2, 0.25) is 0 Å². The van der Waals surface area contributed by atoms with Crippen LogP contribution in [0.25, 0.3) is 0 Å². The Hall–Kier alpha value is -0.520. The molecule has 0 aliphatic rings. The van der Waals surface area contributed by atoms with Crippen LogP contribution in [0, 0.1) is 4.64 Å². The fourth-order valence-corrected chi connectivity index (χ4v) is 2.17. The smallest absolute Gasteiger partial charge is 0.120 e. The van der Waals surface area contributed by atoms with Gasteiger partial charge < -0.3 is 4.98 Å². The van der Waals surface area contributed by atoms with Crippen molar-refractivity contribution in [3.63, 3.8) is 0 Å². The largest absolute Gasteiger partial charge is 0.334 e. The second kappa shape index (κ2) is 4.33. The number of hydrogen-bond acceptors (Lipinski definition) is 3. The van der Waals surface area contributed by atoms with Gasteiger partial charge >= 0.3 is 0 Å². The lowest BCUT2D eigenvalue weighted by molar-refractivity contribution is 0.964. The molecule has 0 aliphatic heterocycles. The zero-order valence-electron chi connectivity index (χ0n) is 7.16. The molecule has 0 amide bonds. The Morgan fingerprint density at radius 3 is 3.07 bits per heavy atom. The Kier molecular flexibility index (Phi) is 3.10. The molecular weight excluding hydrogens is 280 g/mol. The number of rotatable bonds is 2. The first-order chi connectivity index (χ1) is 6.75. The van der Waals surface area contributed by atoms with E-state index < -0.39 is 0 Å². The average molecular weight is 287 g/mol. The topological polar surface area (TPSA) is 28.7 Å². The summed E-state index contributed by atoms with van der Waals surface area (Å²) in [5, 5.41) is 2.06. The van der Waals surface area contributed by atoms with E-state index in [2.05, 4.69) is 37.3 Å². The molecule has 2 aromatic rings. The van der Waals surface area contributed by atoms with Gasteiger partial charge in [0.2, 0.25) is 0 Å². The third kappa shape index (κ3) is 2.29.